The van der Waals surface area contributed by atoms with Crippen molar-refractivity contribution in [1.82, 2.24) is 4.90 Å². The zero-order chi connectivity index (χ0) is 10.5. The first-order chi connectivity index (χ1) is 7.34. The number of hydrogen-bond donors (Lipinski definition) is 0. The van der Waals surface area contributed by atoms with Crippen LogP contribution in [0.5, 0.6) is 0 Å². The van der Waals surface area contributed by atoms with Gasteiger partial charge in [-0.05, 0) is 25.7 Å². The number of carbonyl (C=O) groups excluding carboxylic acids is 1. The summed E-state index contributed by atoms with van der Waals surface area (Å²) in [4.78, 5) is 13.5. The summed E-state index contributed by atoms with van der Waals surface area (Å²) in [6, 6.07) is 0. The monoisotopic (exact) mass is 211 g/mol. The van der Waals surface area contributed by atoms with E-state index in [1.807, 2.05) is 0 Å². The Bertz CT molecular complexity index is 202. The highest BCUT2D eigenvalue weighted by atomic mass is 16.5. The van der Waals surface area contributed by atoms with Crippen molar-refractivity contribution in [3.8, 4) is 0 Å². The van der Waals surface area contributed by atoms with Crippen LogP contribution in [0.25, 0.3) is 0 Å². The van der Waals surface area contributed by atoms with Gasteiger partial charge in [0.15, 0.2) is 0 Å². The second-order valence-electron chi connectivity index (χ2n) is 4.66. The van der Waals surface area contributed by atoms with Gasteiger partial charge in [0.2, 0.25) is 0 Å². The summed E-state index contributed by atoms with van der Waals surface area (Å²) >= 11 is 0. The quantitative estimate of drug-likeness (QED) is 0.710. The van der Waals surface area contributed by atoms with E-state index in [4.69, 9.17) is 4.74 Å². The minimum Gasteiger partial charge on any atom is -0.378 e. The van der Waals surface area contributed by atoms with E-state index in [0.29, 0.717) is 11.9 Å². The van der Waals surface area contributed by atoms with Gasteiger partial charge in [-0.1, -0.05) is 0 Å². The van der Waals surface area contributed by atoms with Crippen LogP contribution < -0.4 is 0 Å². The normalized spacial score (nSPS) is 29.3. The summed E-state index contributed by atoms with van der Waals surface area (Å²) in [5.41, 5.74) is 0. The van der Waals surface area contributed by atoms with Gasteiger partial charge in [0.05, 0.1) is 6.10 Å². The Morgan fingerprint density at radius 1 is 1.27 bits per heavy atom. The van der Waals surface area contributed by atoms with Crippen molar-refractivity contribution >= 4 is 5.78 Å². The van der Waals surface area contributed by atoms with Crippen molar-refractivity contribution < 1.29 is 9.53 Å². The third-order valence-electron chi connectivity index (χ3n) is 3.46. The molecule has 0 aromatic rings. The number of nitrogens with zero attached hydrogens (tertiary/aromatic N) is 1. The van der Waals surface area contributed by atoms with Crippen LogP contribution in [0.4, 0.5) is 0 Å². The van der Waals surface area contributed by atoms with Crippen LogP contribution in [0.3, 0.4) is 0 Å². The molecule has 0 radical (unpaired) electrons. The molecular weight excluding hydrogens is 190 g/mol. The molecule has 3 heteroatoms. The fraction of sp³-hybridized carbons (Fsp3) is 0.917. The van der Waals surface area contributed by atoms with Gasteiger partial charge >= 0.3 is 0 Å². The lowest BCUT2D eigenvalue weighted by Gasteiger charge is -2.29. The maximum atomic E-state index is 11.1. The molecule has 2 aliphatic heterocycles. The van der Waals surface area contributed by atoms with Gasteiger partial charge in [0.1, 0.15) is 5.78 Å². The molecule has 15 heavy (non-hydrogen) atoms. The van der Waals surface area contributed by atoms with Crippen LogP contribution in [-0.2, 0) is 9.53 Å². The SMILES string of the molecule is O=C1CCN(CCC2CCCCO2)CC1. The third-order valence-corrected chi connectivity index (χ3v) is 3.46. The molecule has 0 aromatic heterocycles. The first-order valence-corrected chi connectivity index (χ1v) is 6.20. The molecule has 1 atom stereocenters. The number of ether oxygens (including phenoxy) is 1. The molecule has 0 saturated carbocycles. The molecule has 1 unspecified atom stereocenters. The fourth-order valence-corrected chi connectivity index (χ4v) is 2.39. The Labute approximate surface area is 91.8 Å². The number of ketones is 1. The highest BCUT2D eigenvalue weighted by molar-refractivity contribution is 5.79. The predicted octanol–water partition coefficient (Wildman–Crippen LogP) is 1.61. The molecule has 3 nitrogen and oxygen atoms in total. The minimum absolute atomic E-state index is 0.431. The van der Waals surface area contributed by atoms with Crippen molar-refractivity contribution in [2.45, 2.75) is 44.6 Å². The molecule has 0 N–H and O–H groups in total. The van der Waals surface area contributed by atoms with Gasteiger partial charge in [-0.25, -0.2) is 0 Å². The number of likely N-dealkylation sites (tertiary alicyclic amines) is 1. The Morgan fingerprint density at radius 3 is 2.73 bits per heavy atom. The Kier molecular flexibility index (Phi) is 4.15. The number of hydrogen-bond acceptors (Lipinski definition) is 3. The second-order valence-corrected chi connectivity index (χ2v) is 4.66. The van der Waals surface area contributed by atoms with Crippen LogP contribution in [-0.4, -0.2) is 43.0 Å². The summed E-state index contributed by atoms with van der Waals surface area (Å²) in [6.07, 6.45) is 6.92. The second kappa shape index (κ2) is 5.61. The van der Waals surface area contributed by atoms with Crippen molar-refractivity contribution in [2.75, 3.05) is 26.2 Å². The van der Waals surface area contributed by atoms with E-state index >= 15 is 0 Å². The summed E-state index contributed by atoms with van der Waals surface area (Å²) in [7, 11) is 0. The first kappa shape index (κ1) is 11.1. The molecular formula is C12H21NO2. The van der Waals surface area contributed by atoms with Crippen molar-refractivity contribution in [3.05, 3.63) is 0 Å². The number of piperidine rings is 1. The average molecular weight is 211 g/mol. The molecule has 2 aliphatic rings. The fourth-order valence-electron chi connectivity index (χ4n) is 2.39. The van der Waals surface area contributed by atoms with E-state index < -0.39 is 0 Å². The van der Waals surface area contributed by atoms with Gasteiger partial charge in [-0.15, -0.1) is 0 Å². The molecule has 0 aromatic carbocycles. The van der Waals surface area contributed by atoms with Gasteiger partial charge in [0.25, 0.3) is 0 Å². The summed E-state index contributed by atoms with van der Waals surface area (Å²) in [6.45, 7) is 3.98. The lowest BCUT2D eigenvalue weighted by atomic mass is 10.0. The standard InChI is InChI=1S/C12H21NO2/c14-11-4-7-13(8-5-11)9-6-12-3-1-2-10-15-12/h12H,1-10H2. The van der Waals surface area contributed by atoms with Crippen LogP contribution in [0.1, 0.15) is 38.5 Å². The first-order valence-electron chi connectivity index (χ1n) is 6.20. The molecule has 2 saturated heterocycles. The summed E-state index contributed by atoms with van der Waals surface area (Å²) in [5, 5.41) is 0. The van der Waals surface area contributed by atoms with Crippen molar-refractivity contribution in [3.63, 3.8) is 0 Å². The summed E-state index contributed by atoms with van der Waals surface area (Å²) < 4.78 is 5.70. The maximum absolute atomic E-state index is 11.1. The van der Waals surface area contributed by atoms with Crippen molar-refractivity contribution in [2.24, 2.45) is 0 Å². The third kappa shape index (κ3) is 3.58. The zero-order valence-corrected chi connectivity index (χ0v) is 9.41. The molecule has 2 heterocycles. The van der Waals surface area contributed by atoms with E-state index in [1.165, 1.54) is 19.3 Å². The zero-order valence-electron chi connectivity index (χ0n) is 9.41. The maximum Gasteiger partial charge on any atom is 0.135 e. The van der Waals surface area contributed by atoms with E-state index in [1.54, 1.807) is 0 Å². The van der Waals surface area contributed by atoms with E-state index in [-0.39, 0.29) is 0 Å². The van der Waals surface area contributed by atoms with Crippen LogP contribution >= 0.6 is 0 Å². The topological polar surface area (TPSA) is 29.5 Å². The smallest absolute Gasteiger partial charge is 0.135 e. The number of carbonyl (C=O) groups is 1. The number of Topliss-reactive ketones (excluding diaryl/α,β-unsaturated/α-hetero) is 1. The van der Waals surface area contributed by atoms with E-state index in [2.05, 4.69) is 4.90 Å². The van der Waals surface area contributed by atoms with Gasteiger partial charge in [-0.2, -0.15) is 0 Å². The largest absolute Gasteiger partial charge is 0.378 e. The molecule has 86 valence electrons. The van der Waals surface area contributed by atoms with Gasteiger partial charge in [0, 0.05) is 39.1 Å². The van der Waals surface area contributed by atoms with Crippen LogP contribution in [0.15, 0.2) is 0 Å². The molecule has 0 amide bonds. The lowest BCUT2D eigenvalue weighted by molar-refractivity contribution is -0.121. The van der Waals surface area contributed by atoms with Crippen LogP contribution in [0, 0.1) is 0 Å². The van der Waals surface area contributed by atoms with Gasteiger partial charge in [-0.3, -0.25) is 4.79 Å². The van der Waals surface area contributed by atoms with Crippen LogP contribution in [0.2, 0.25) is 0 Å². The molecule has 0 aliphatic carbocycles. The Morgan fingerprint density at radius 2 is 2.07 bits per heavy atom. The van der Waals surface area contributed by atoms with Gasteiger partial charge < -0.3 is 9.64 Å². The van der Waals surface area contributed by atoms with E-state index in [9.17, 15) is 4.79 Å². The molecule has 0 bridgehead atoms. The predicted molar refractivity (Wildman–Crippen MR) is 58.9 cm³/mol. The highest BCUT2D eigenvalue weighted by Crippen LogP contribution is 2.16. The molecule has 2 fully saturated rings. The van der Waals surface area contributed by atoms with Crippen molar-refractivity contribution in [1.29, 1.82) is 0 Å². The summed E-state index contributed by atoms with van der Waals surface area (Å²) in [5.74, 6) is 0.431. The average Bonchev–Trinajstić information content (AvgIpc) is 2.30. The Hall–Kier alpha value is -0.410. The minimum atomic E-state index is 0.431. The lowest BCUT2D eigenvalue weighted by Crippen LogP contribution is -2.36. The molecule has 0 spiro atoms. The Balaban J connectivity index is 1.62. The molecule has 2 rings (SSSR count). The highest BCUT2D eigenvalue weighted by Gasteiger charge is 2.18. The number of rotatable bonds is 3. The van der Waals surface area contributed by atoms with E-state index in [0.717, 1.165) is 45.5 Å².